The summed E-state index contributed by atoms with van der Waals surface area (Å²) in [6.07, 6.45) is 9.62. The molecule has 0 N–H and O–H groups in total. The number of amides is 1. The monoisotopic (exact) mass is 438 g/mol. The van der Waals surface area contributed by atoms with Crippen molar-refractivity contribution in [1.82, 2.24) is 14.9 Å². The molecule has 0 unspecified atom stereocenters. The second kappa shape index (κ2) is 10.5. The van der Waals surface area contributed by atoms with Gasteiger partial charge in [-0.2, -0.15) is 0 Å². The van der Waals surface area contributed by atoms with Gasteiger partial charge in [0, 0.05) is 49.3 Å². The summed E-state index contributed by atoms with van der Waals surface area (Å²) in [6, 6.07) is 10.8. The quantitative estimate of drug-likeness (QED) is 0.432. The van der Waals surface area contributed by atoms with Crippen LogP contribution in [0.2, 0.25) is 0 Å². The van der Waals surface area contributed by atoms with Gasteiger partial charge in [0.15, 0.2) is 5.16 Å². The van der Waals surface area contributed by atoms with Gasteiger partial charge in [0.1, 0.15) is 5.82 Å². The fraction of sp³-hybridized carbons (Fsp3) is 0.560. The summed E-state index contributed by atoms with van der Waals surface area (Å²) in [7, 11) is 2.18. The number of rotatable bonds is 7. The van der Waals surface area contributed by atoms with Crippen molar-refractivity contribution in [2.75, 3.05) is 25.0 Å². The Hall–Kier alpha value is -2.08. The van der Waals surface area contributed by atoms with Crippen LogP contribution in [-0.4, -0.2) is 47.0 Å². The van der Waals surface area contributed by atoms with Crippen LogP contribution in [0.3, 0.4) is 0 Å². The molecule has 166 valence electrons. The molecule has 2 heterocycles. The maximum absolute atomic E-state index is 12.7. The molecule has 0 spiro atoms. The zero-order chi connectivity index (χ0) is 21.6. The zero-order valence-electron chi connectivity index (χ0n) is 18.8. The Morgan fingerprint density at radius 3 is 2.61 bits per heavy atom. The first kappa shape index (κ1) is 22.1. The molecule has 31 heavy (non-hydrogen) atoms. The molecule has 1 aliphatic heterocycles. The average Bonchev–Trinajstić information content (AvgIpc) is 3.37. The molecule has 2 aliphatic rings. The van der Waals surface area contributed by atoms with Gasteiger partial charge < -0.3 is 9.80 Å². The molecule has 1 saturated carbocycles. The van der Waals surface area contributed by atoms with Crippen LogP contribution in [0, 0.1) is 0 Å². The van der Waals surface area contributed by atoms with Crippen LogP contribution in [0.4, 0.5) is 5.82 Å². The molecule has 2 fully saturated rings. The fourth-order valence-electron chi connectivity index (χ4n) is 4.59. The number of thioether (sulfide) groups is 1. The highest BCUT2D eigenvalue weighted by Crippen LogP contribution is 2.28. The van der Waals surface area contributed by atoms with E-state index in [4.69, 9.17) is 9.97 Å². The van der Waals surface area contributed by atoms with Crippen LogP contribution in [0.25, 0.3) is 0 Å². The molecule has 1 aromatic heterocycles. The van der Waals surface area contributed by atoms with Crippen LogP contribution in [-0.2, 0) is 12.2 Å². The summed E-state index contributed by atoms with van der Waals surface area (Å²) in [5, 5.41) is 0.827. The van der Waals surface area contributed by atoms with Crippen LogP contribution in [0.15, 0.2) is 35.5 Å². The molecular weight excluding hydrogens is 404 g/mol. The maximum Gasteiger partial charge on any atom is 0.253 e. The molecule has 1 saturated heterocycles. The summed E-state index contributed by atoms with van der Waals surface area (Å²) in [4.78, 5) is 26.7. The van der Waals surface area contributed by atoms with Gasteiger partial charge in [-0.3, -0.25) is 4.79 Å². The first-order valence-corrected chi connectivity index (χ1v) is 12.7. The number of likely N-dealkylation sites (tertiary alicyclic amines) is 1. The minimum Gasteiger partial charge on any atom is -0.357 e. The lowest BCUT2D eigenvalue weighted by molar-refractivity contribution is 0.0792. The third-order valence-electron chi connectivity index (χ3n) is 6.53. The minimum absolute atomic E-state index is 0.157. The van der Waals surface area contributed by atoms with Crippen LogP contribution in [0.1, 0.15) is 73.5 Å². The standard InChI is InChI=1S/C25H34N4OS/c1-3-21-17-23(28(2)22-12-5-4-6-13-22)27-25(26-21)31-18-19-10-9-11-20(16-19)24(30)29-14-7-8-15-29/h9-11,16-17,22H,3-8,12-15,18H2,1-2H3. The van der Waals surface area contributed by atoms with E-state index >= 15 is 0 Å². The van der Waals surface area contributed by atoms with Crippen molar-refractivity contribution in [3.05, 3.63) is 47.2 Å². The van der Waals surface area contributed by atoms with E-state index in [1.54, 1.807) is 11.8 Å². The molecule has 6 heteroatoms. The lowest BCUT2D eigenvalue weighted by Gasteiger charge is -2.32. The van der Waals surface area contributed by atoms with Crippen molar-refractivity contribution in [3.63, 3.8) is 0 Å². The molecule has 5 nitrogen and oxygen atoms in total. The third kappa shape index (κ3) is 5.59. The number of hydrogen-bond acceptors (Lipinski definition) is 5. The summed E-state index contributed by atoms with van der Waals surface area (Å²) in [6.45, 7) is 3.91. The van der Waals surface area contributed by atoms with Crippen molar-refractivity contribution in [3.8, 4) is 0 Å². The molecule has 0 atom stereocenters. The largest absolute Gasteiger partial charge is 0.357 e. The number of hydrogen-bond donors (Lipinski definition) is 0. The number of aryl methyl sites for hydroxylation is 1. The summed E-state index contributed by atoms with van der Waals surface area (Å²) in [5.74, 6) is 1.96. The summed E-state index contributed by atoms with van der Waals surface area (Å²) >= 11 is 1.66. The predicted octanol–water partition coefficient (Wildman–Crippen LogP) is 5.34. The maximum atomic E-state index is 12.7. The Morgan fingerprint density at radius 1 is 1.10 bits per heavy atom. The molecule has 0 radical (unpaired) electrons. The van der Waals surface area contributed by atoms with Gasteiger partial charge in [-0.25, -0.2) is 9.97 Å². The topological polar surface area (TPSA) is 49.3 Å². The molecule has 1 amide bonds. The first-order valence-electron chi connectivity index (χ1n) is 11.8. The average molecular weight is 439 g/mol. The van der Waals surface area contributed by atoms with E-state index in [0.717, 1.165) is 65.9 Å². The molecule has 4 rings (SSSR count). The van der Waals surface area contributed by atoms with Crippen LogP contribution < -0.4 is 4.90 Å². The van der Waals surface area contributed by atoms with E-state index in [-0.39, 0.29) is 5.91 Å². The Kier molecular flexibility index (Phi) is 7.49. The van der Waals surface area contributed by atoms with Crippen molar-refractivity contribution in [1.29, 1.82) is 0 Å². The SMILES string of the molecule is CCc1cc(N(C)C2CCCCC2)nc(SCc2cccc(C(=O)N3CCCC3)c2)n1. The van der Waals surface area contributed by atoms with E-state index in [1.807, 2.05) is 23.1 Å². The van der Waals surface area contributed by atoms with E-state index < -0.39 is 0 Å². The zero-order valence-corrected chi connectivity index (χ0v) is 19.7. The molecular formula is C25H34N4OS. The van der Waals surface area contributed by atoms with Gasteiger partial charge in [0.2, 0.25) is 0 Å². The minimum atomic E-state index is 0.157. The Balaban J connectivity index is 1.45. The lowest BCUT2D eigenvalue weighted by atomic mass is 9.94. The summed E-state index contributed by atoms with van der Waals surface area (Å²) in [5.41, 5.74) is 3.02. The number of carbonyl (C=O) groups is 1. The van der Waals surface area contributed by atoms with E-state index in [0.29, 0.717) is 6.04 Å². The summed E-state index contributed by atoms with van der Waals surface area (Å²) < 4.78 is 0. The van der Waals surface area contributed by atoms with Gasteiger partial charge in [-0.1, -0.05) is 50.1 Å². The Morgan fingerprint density at radius 2 is 1.87 bits per heavy atom. The molecule has 1 aliphatic carbocycles. The van der Waals surface area contributed by atoms with Crippen molar-refractivity contribution >= 4 is 23.5 Å². The van der Waals surface area contributed by atoms with Gasteiger partial charge in [-0.15, -0.1) is 0 Å². The smallest absolute Gasteiger partial charge is 0.253 e. The molecule has 0 bridgehead atoms. The van der Waals surface area contributed by atoms with Crippen molar-refractivity contribution in [2.24, 2.45) is 0 Å². The van der Waals surface area contributed by atoms with Gasteiger partial charge in [0.25, 0.3) is 5.91 Å². The fourth-order valence-corrected chi connectivity index (χ4v) is 5.40. The normalized spacial score (nSPS) is 17.2. The number of carbonyl (C=O) groups excluding carboxylic acids is 1. The Labute approximate surface area is 190 Å². The number of benzene rings is 1. The predicted molar refractivity (Wildman–Crippen MR) is 128 cm³/mol. The lowest BCUT2D eigenvalue weighted by Crippen LogP contribution is -2.34. The number of anilines is 1. The number of aromatic nitrogens is 2. The second-order valence-electron chi connectivity index (χ2n) is 8.74. The van der Waals surface area contributed by atoms with Crippen molar-refractivity contribution < 1.29 is 4.79 Å². The van der Waals surface area contributed by atoms with E-state index in [9.17, 15) is 4.79 Å². The third-order valence-corrected chi connectivity index (χ3v) is 7.44. The highest BCUT2D eigenvalue weighted by molar-refractivity contribution is 7.98. The molecule has 1 aromatic carbocycles. The van der Waals surface area contributed by atoms with Gasteiger partial charge in [0.05, 0.1) is 0 Å². The van der Waals surface area contributed by atoms with E-state index in [2.05, 4.69) is 31.0 Å². The van der Waals surface area contributed by atoms with Gasteiger partial charge >= 0.3 is 0 Å². The van der Waals surface area contributed by atoms with Crippen LogP contribution >= 0.6 is 11.8 Å². The first-order chi connectivity index (χ1) is 15.1. The molecule has 2 aromatic rings. The van der Waals surface area contributed by atoms with Gasteiger partial charge in [-0.05, 0) is 49.8 Å². The highest BCUT2D eigenvalue weighted by atomic mass is 32.2. The highest BCUT2D eigenvalue weighted by Gasteiger charge is 2.21. The van der Waals surface area contributed by atoms with Crippen molar-refractivity contribution in [2.45, 2.75) is 75.2 Å². The van der Waals surface area contributed by atoms with E-state index in [1.165, 1.54) is 32.1 Å². The van der Waals surface area contributed by atoms with Crippen LogP contribution in [0.5, 0.6) is 0 Å². The number of nitrogens with zero attached hydrogens (tertiary/aromatic N) is 4. The second-order valence-corrected chi connectivity index (χ2v) is 9.69. The Bertz CT molecular complexity index is 891.